The Labute approximate surface area is 208 Å². The molecule has 180 valence electrons. The van der Waals surface area contributed by atoms with Gasteiger partial charge in [-0.2, -0.15) is 0 Å². The summed E-state index contributed by atoms with van der Waals surface area (Å²) in [5.41, 5.74) is 2.00. The van der Waals surface area contributed by atoms with E-state index in [0.717, 1.165) is 5.56 Å². The molecule has 8 heteroatoms. The Kier molecular flexibility index (Phi) is 6.71. The summed E-state index contributed by atoms with van der Waals surface area (Å²) in [5.74, 6) is -1.01. The normalized spacial score (nSPS) is 16.9. The molecule has 0 spiro atoms. The fourth-order valence-corrected chi connectivity index (χ4v) is 4.49. The maximum Gasteiger partial charge on any atom is 0.300 e. The van der Waals surface area contributed by atoms with Gasteiger partial charge in [-0.3, -0.25) is 14.5 Å². The molecule has 0 aliphatic carbocycles. The SMILES string of the molecule is COc1cc(OC)c(/C(O)=C2\C(=O)C(=O)N(c3cccc(C)c3)C2c2ccccc2OC)cc1Cl. The first-order valence-corrected chi connectivity index (χ1v) is 11.1. The molecule has 35 heavy (non-hydrogen) atoms. The standard InChI is InChI=1S/C27H24ClNO6/c1-15-8-7-9-16(12-15)29-24(17-10-5-6-11-20(17)33-2)23(26(31)27(29)32)25(30)18-13-19(28)22(35-4)14-21(18)34-3/h5-14,24,30H,1-4H3/b25-23+. The van der Waals surface area contributed by atoms with Crippen molar-refractivity contribution in [2.75, 3.05) is 26.2 Å². The lowest BCUT2D eigenvalue weighted by atomic mass is 9.94. The van der Waals surface area contributed by atoms with E-state index in [4.69, 9.17) is 25.8 Å². The van der Waals surface area contributed by atoms with Gasteiger partial charge in [-0.15, -0.1) is 0 Å². The molecule has 1 unspecified atom stereocenters. The topological polar surface area (TPSA) is 85.3 Å². The minimum absolute atomic E-state index is 0.111. The minimum Gasteiger partial charge on any atom is -0.507 e. The molecule has 1 atom stereocenters. The molecule has 3 aromatic carbocycles. The van der Waals surface area contributed by atoms with E-state index < -0.39 is 23.5 Å². The molecular weight excluding hydrogens is 470 g/mol. The zero-order chi connectivity index (χ0) is 25.3. The summed E-state index contributed by atoms with van der Waals surface area (Å²) in [6.45, 7) is 1.89. The van der Waals surface area contributed by atoms with E-state index in [9.17, 15) is 14.7 Å². The summed E-state index contributed by atoms with van der Waals surface area (Å²) in [6.07, 6.45) is 0. The van der Waals surface area contributed by atoms with E-state index in [2.05, 4.69) is 0 Å². The molecule has 4 rings (SSSR count). The third kappa shape index (κ3) is 4.19. The number of hydrogen-bond acceptors (Lipinski definition) is 6. The number of para-hydroxylation sites is 1. The van der Waals surface area contributed by atoms with Crippen molar-refractivity contribution in [2.45, 2.75) is 13.0 Å². The van der Waals surface area contributed by atoms with Gasteiger partial charge in [0.1, 0.15) is 23.0 Å². The van der Waals surface area contributed by atoms with Gasteiger partial charge in [-0.1, -0.05) is 41.9 Å². The number of carbonyl (C=O) groups is 2. The van der Waals surface area contributed by atoms with Crippen molar-refractivity contribution in [1.29, 1.82) is 0 Å². The number of benzene rings is 3. The number of rotatable bonds is 6. The van der Waals surface area contributed by atoms with Crippen LogP contribution in [0.3, 0.4) is 0 Å². The predicted octanol–water partition coefficient (Wildman–Crippen LogP) is 5.30. The summed E-state index contributed by atoms with van der Waals surface area (Å²) in [5, 5.41) is 11.7. The maximum atomic E-state index is 13.4. The van der Waals surface area contributed by atoms with Gasteiger partial charge in [0.2, 0.25) is 0 Å². The van der Waals surface area contributed by atoms with Gasteiger partial charge >= 0.3 is 0 Å². The molecule has 1 amide bonds. The zero-order valence-electron chi connectivity index (χ0n) is 19.7. The van der Waals surface area contributed by atoms with Crippen molar-refractivity contribution in [1.82, 2.24) is 0 Å². The summed E-state index contributed by atoms with van der Waals surface area (Å²) in [4.78, 5) is 28.2. The molecule has 1 saturated heterocycles. The van der Waals surface area contributed by atoms with Crippen molar-refractivity contribution < 1.29 is 28.9 Å². The minimum atomic E-state index is -0.960. The van der Waals surface area contributed by atoms with E-state index in [1.165, 1.54) is 38.4 Å². The average Bonchev–Trinajstić information content (AvgIpc) is 3.13. The number of halogens is 1. The van der Waals surface area contributed by atoms with E-state index >= 15 is 0 Å². The molecule has 1 heterocycles. The monoisotopic (exact) mass is 493 g/mol. The first kappa shape index (κ1) is 24.2. The predicted molar refractivity (Wildman–Crippen MR) is 134 cm³/mol. The zero-order valence-corrected chi connectivity index (χ0v) is 20.4. The van der Waals surface area contributed by atoms with Crippen LogP contribution in [-0.4, -0.2) is 38.1 Å². The number of carbonyl (C=O) groups excluding carboxylic acids is 2. The number of anilines is 1. The molecule has 0 aromatic heterocycles. The number of ether oxygens (including phenoxy) is 3. The number of aliphatic hydroxyl groups is 1. The Hall–Kier alpha value is -3.97. The van der Waals surface area contributed by atoms with Gasteiger partial charge in [-0.05, 0) is 36.8 Å². The number of Topliss-reactive ketones (excluding diaryl/α,β-unsaturated/α-hetero) is 1. The number of hydrogen-bond donors (Lipinski definition) is 1. The summed E-state index contributed by atoms with van der Waals surface area (Å²) in [6, 6.07) is 16.3. The Morgan fingerprint density at radius 1 is 0.886 bits per heavy atom. The number of ketones is 1. The second-order valence-electron chi connectivity index (χ2n) is 7.94. The van der Waals surface area contributed by atoms with Crippen LogP contribution in [-0.2, 0) is 9.59 Å². The van der Waals surface area contributed by atoms with E-state index in [1.807, 2.05) is 13.0 Å². The van der Waals surface area contributed by atoms with Crippen molar-refractivity contribution in [3.8, 4) is 17.2 Å². The third-order valence-corrected chi connectivity index (χ3v) is 6.18. The van der Waals surface area contributed by atoms with Crippen LogP contribution in [0.25, 0.3) is 5.76 Å². The lowest BCUT2D eigenvalue weighted by molar-refractivity contribution is -0.132. The quantitative estimate of drug-likeness (QED) is 0.285. The van der Waals surface area contributed by atoms with E-state index in [0.29, 0.717) is 22.7 Å². The van der Waals surface area contributed by atoms with Crippen LogP contribution < -0.4 is 19.1 Å². The van der Waals surface area contributed by atoms with Crippen molar-refractivity contribution in [3.63, 3.8) is 0 Å². The second kappa shape index (κ2) is 9.72. The van der Waals surface area contributed by atoms with Gasteiger partial charge < -0.3 is 19.3 Å². The molecule has 0 radical (unpaired) electrons. The largest absolute Gasteiger partial charge is 0.507 e. The Morgan fingerprint density at radius 3 is 2.23 bits per heavy atom. The summed E-state index contributed by atoms with van der Waals surface area (Å²) in [7, 11) is 4.38. The number of methoxy groups -OCH3 is 3. The Balaban J connectivity index is 2.03. The number of amides is 1. The highest BCUT2D eigenvalue weighted by Crippen LogP contribution is 2.46. The highest BCUT2D eigenvalue weighted by molar-refractivity contribution is 6.51. The van der Waals surface area contributed by atoms with Gasteiger partial charge in [0.25, 0.3) is 11.7 Å². The first-order valence-electron chi connectivity index (χ1n) is 10.7. The molecule has 0 saturated carbocycles. The average molecular weight is 494 g/mol. The van der Waals surface area contributed by atoms with Gasteiger partial charge in [0.15, 0.2) is 0 Å². The van der Waals surface area contributed by atoms with Crippen LogP contribution in [0.5, 0.6) is 17.2 Å². The summed E-state index contributed by atoms with van der Waals surface area (Å²) >= 11 is 6.32. The highest BCUT2D eigenvalue weighted by atomic mass is 35.5. The number of aliphatic hydroxyl groups excluding tert-OH is 1. The number of nitrogens with zero attached hydrogens (tertiary/aromatic N) is 1. The third-order valence-electron chi connectivity index (χ3n) is 5.89. The number of aryl methyl sites for hydroxylation is 1. The van der Waals surface area contributed by atoms with Crippen LogP contribution >= 0.6 is 11.6 Å². The van der Waals surface area contributed by atoms with E-state index in [-0.39, 0.29) is 21.9 Å². The lowest BCUT2D eigenvalue weighted by Crippen LogP contribution is -2.29. The van der Waals surface area contributed by atoms with Gasteiger partial charge in [0.05, 0.1) is 43.5 Å². The molecule has 1 aliphatic heterocycles. The van der Waals surface area contributed by atoms with Crippen LogP contribution in [0.2, 0.25) is 5.02 Å². The Bertz CT molecular complexity index is 1350. The molecular formula is C27H24ClNO6. The lowest BCUT2D eigenvalue weighted by Gasteiger charge is -2.27. The van der Waals surface area contributed by atoms with Crippen molar-refractivity contribution in [3.05, 3.63) is 87.9 Å². The van der Waals surface area contributed by atoms with Crippen LogP contribution in [0.4, 0.5) is 5.69 Å². The van der Waals surface area contributed by atoms with Gasteiger partial charge in [0, 0.05) is 17.3 Å². The van der Waals surface area contributed by atoms with Crippen LogP contribution in [0.1, 0.15) is 22.7 Å². The molecule has 3 aromatic rings. The molecule has 1 aliphatic rings. The molecule has 0 bridgehead atoms. The summed E-state index contributed by atoms with van der Waals surface area (Å²) < 4.78 is 16.2. The fourth-order valence-electron chi connectivity index (χ4n) is 4.25. The van der Waals surface area contributed by atoms with Crippen LogP contribution in [0.15, 0.2) is 66.2 Å². The molecule has 7 nitrogen and oxygen atoms in total. The first-order chi connectivity index (χ1) is 16.8. The fraction of sp³-hybridized carbons (Fsp3) is 0.185. The molecule has 1 N–H and O–H groups in total. The Morgan fingerprint density at radius 2 is 1.57 bits per heavy atom. The van der Waals surface area contributed by atoms with Crippen molar-refractivity contribution >= 4 is 34.7 Å². The molecule has 1 fully saturated rings. The highest BCUT2D eigenvalue weighted by Gasteiger charge is 2.48. The van der Waals surface area contributed by atoms with Gasteiger partial charge in [-0.25, -0.2) is 0 Å². The van der Waals surface area contributed by atoms with Crippen molar-refractivity contribution in [2.24, 2.45) is 0 Å². The second-order valence-corrected chi connectivity index (χ2v) is 8.34. The smallest absolute Gasteiger partial charge is 0.300 e. The van der Waals surface area contributed by atoms with E-state index in [1.54, 1.807) is 42.5 Å². The van der Waals surface area contributed by atoms with Crippen LogP contribution in [0, 0.1) is 6.92 Å². The maximum absolute atomic E-state index is 13.4.